The second-order valence-corrected chi connectivity index (χ2v) is 5.80. The van der Waals surface area contributed by atoms with Crippen LogP contribution in [-0.2, 0) is 13.1 Å². The molecule has 2 N–H and O–H groups in total. The molecule has 1 aliphatic heterocycles. The number of nitrogens with two attached hydrogens (primary N) is 1. The van der Waals surface area contributed by atoms with E-state index in [0.29, 0.717) is 17.9 Å². The fraction of sp³-hybridized carbons (Fsp3) is 0.769. The maximum atomic E-state index is 6.03. The number of likely N-dealkylation sites (tertiary alicyclic amines) is 1. The summed E-state index contributed by atoms with van der Waals surface area (Å²) in [5.41, 5.74) is 7.33. The van der Waals surface area contributed by atoms with E-state index in [4.69, 9.17) is 5.73 Å². The number of hydrogen-bond acceptors (Lipinski definition) is 3. The van der Waals surface area contributed by atoms with Crippen LogP contribution in [0.3, 0.4) is 0 Å². The Balaban J connectivity index is 0.00000162. The Morgan fingerprint density at radius 1 is 1.44 bits per heavy atom. The maximum absolute atomic E-state index is 6.03. The summed E-state index contributed by atoms with van der Waals surface area (Å²) in [4.78, 5) is 2.42. The average Bonchev–Trinajstić information content (AvgIpc) is 2.75. The van der Waals surface area contributed by atoms with E-state index in [2.05, 4.69) is 37.0 Å². The van der Waals surface area contributed by atoms with Crippen LogP contribution < -0.4 is 5.73 Å². The summed E-state index contributed by atoms with van der Waals surface area (Å²) in [7, 11) is 0. The Morgan fingerprint density at radius 2 is 2.17 bits per heavy atom. The number of aromatic nitrogens is 2. The van der Waals surface area contributed by atoms with Crippen molar-refractivity contribution >= 4 is 12.4 Å². The molecule has 1 aromatic rings. The molecule has 1 fully saturated rings. The van der Waals surface area contributed by atoms with Crippen LogP contribution in [0.25, 0.3) is 0 Å². The van der Waals surface area contributed by atoms with Gasteiger partial charge >= 0.3 is 0 Å². The lowest BCUT2D eigenvalue weighted by Gasteiger charge is -2.13. The van der Waals surface area contributed by atoms with Crippen LogP contribution in [0, 0.1) is 11.8 Å². The van der Waals surface area contributed by atoms with Crippen LogP contribution in [0.15, 0.2) is 12.4 Å². The molecule has 0 spiro atoms. The van der Waals surface area contributed by atoms with E-state index in [9.17, 15) is 0 Å². The first-order chi connectivity index (χ1) is 8.04. The number of nitrogens with zero attached hydrogens (tertiary/aromatic N) is 3. The number of rotatable bonds is 4. The van der Waals surface area contributed by atoms with Gasteiger partial charge in [0.05, 0.1) is 6.20 Å². The van der Waals surface area contributed by atoms with E-state index in [1.54, 1.807) is 0 Å². The van der Waals surface area contributed by atoms with Crippen LogP contribution in [0.4, 0.5) is 0 Å². The first-order valence-electron chi connectivity index (χ1n) is 6.54. The average molecular weight is 273 g/mol. The van der Waals surface area contributed by atoms with Crippen molar-refractivity contribution in [3.63, 3.8) is 0 Å². The Bertz CT molecular complexity index is 354. The van der Waals surface area contributed by atoms with Gasteiger partial charge in [-0.2, -0.15) is 5.10 Å². The second-order valence-electron chi connectivity index (χ2n) is 5.80. The van der Waals surface area contributed by atoms with Crippen molar-refractivity contribution in [2.75, 3.05) is 13.1 Å². The largest absolute Gasteiger partial charge is 0.326 e. The Kier molecular flexibility index (Phi) is 5.63. The minimum atomic E-state index is 0. The zero-order valence-electron chi connectivity index (χ0n) is 11.5. The van der Waals surface area contributed by atoms with E-state index in [1.165, 1.54) is 5.56 Å². The SMILES string of the molecule is CC(C)Cn1cc(CN2CC(C)C(N)C2)cn1.Cl. The van der Waals surface area contributed by atoms with Crippen molar-refractivity contribution < 1.29 is 0 Å². The number of hydrogen-bond donors (Lipinski definition) is 1. The predicted molar refractivity (Wildman–Crippen MR) is 76.7 cm³/mol. The molecule has 2 heterocycles. The van der Waals surface area contributed by atoms with E-state index in [0.717, 1.165) is 26.2 Å². The Hall–Kier alpha value is -0.580. The molecule has 1 aromatic heterocycles. The van der Waals surface area contributed by atoms with Gasteiger partial charge in [-0.15, -0.1) is 12.4 Å². The molecular weight excluding hydrogens is 248 g/mol. The van der Waals surface area contributed by atoms with Gasteiger partial charge in [-0.1, -0.05) is 20.8 Å². The van der Waals surface area contributed by atoms with Gasteiger partial charge in [0.2, 0.25) is 0 Å². The summed E-state index contributed by atoms with van der Waals surface area (Å²) >= 11 is 0. The summed E-state index contributed by atoms with van der Waals surface area (Å²) in [5, 5.41) is 4.40. The topological polar surface area (TPSA) is 47.1 Å². The van der Waals surface area contributed by atoms with Crippen molar-refractivity contribution in [2.45, 2.75) is 39.9 Å². The molecule has 2 atom stereocenters. The standard InChI is InChI=1S/C13H24N4.ClH/c1-10(2)5-17-8-12(4-15-17)7-16-6-11(3)13(14)9-16;/h4,8,10-11,13H,5-7,9,14H2,1-3H3;1H. The zero-order valence-corrected chi connectivity index (χ0v) is 12.4. The van der Waals surface area contributed by atoms with Crippen molar-refractivity contribution in [1.29, 1.82) is 0 Å². The minimum Gasteiger partial charge on any atom is -0.326 e. The second kappa shape index (κ2) is 6.55. The molecule has 0 radical (unpaired) electrons. The third-order valence-electron chi connectivity index (χ3n) is 3.39. The summed E-state index contributed by atoms with van der Waals surface area (Å²) in [6.45, 7) is 10.7. The molecule has 104 valence electrons. The Morgan fingerprint density at radius 3 is 2.72 bits per heavy atom. The van der Waals surface area contributed by atoms with E-state index in [-0.39, 0.29) is 12.4 Å². The molecule has 0 aliphatic carbocycles. The highest BCUT2D eigenvalue weighted by atomic mass is 35.5. The Labute approximate surface area is 116 Å². The lowest BCUT2D eigenvalue weighted by atomic mass is 10.1. The quantitative estimate of drug-likeness (QED) is 0.908. The van der Waals surface area contributed by atoms with Gasteiger partial charge in [-0.3, -0.25) is 9.58 Å². The van der Waals surface area contributed by atoms with Crippen LogP contribution >= 0.6 is 12.4 Å². The summed E-state index contributed by atoms with van der Waals surface area (Å²) in [5.74, 6) is 1.25. The van der Waals surface area contributed by atoms with E-state index >= 15 is 0 Å². The van der Waals surface area contributed by atoms with Gasteiger partial charge in [0.1, 0.15) is 0 Å². The van der Waals surface area contributed by atoms with Gasteiger partial charge in [-0.05, 0) is 11.8 Å². The zero-order chi connectivity index (χ0) is 12.4. The fourth-order valence-corrected chi connectivity index (χ4v) is 2.44. The van der Waals surface area contributed by atoms with Gasteiger partial charge in [0, 0.05) is 44.0 Å². The molecule has 1 aliphatic rings. The predicted octanol–water partition coefficient (Wildman–Crippen LogP) is 1.74. The highest BCUT2D eigenvalue weighted by molar-refractivity contribution is 5.85. The highest BCUT2D eigenvalue weighted by Gasteiger charge is 2.26. The molecule has 0 bridgehead atoms. The smallest absolute Gasteiger partial charge is 0.0534 e. The van der Waals surface area contributed by atoms with Crippen LogP contribution in [0.2, 0.25) is 0 Å². The maximum Gasteiger partial charge on any atom is 0.0534 e. The van der Waals surface area contributed by atoms with Gasteiger partial charge in [0.15, 0.2) is 0 Å². The molecule has 2 unspecified atom stereocenters. The van der Waals surface area contributed by atoms with Crippen LogP contribution in [0.5, 0.6) is 0 Å². The van der Waals surface area contributed by atoms with Crippen molar-refractivity contribution in [2.24, 2.45) is 17.6 Å². The first-order valence-corrected chi connectivity index (χ1v) is 6.54. The lowest BCUT2D eigenvalue weighted by Crippen LogP contribution is -2.28. The third-order valence-corrected chi connectivity index (χ3v) is 3.39. The van der Waals surface area contributed by atoms with Gasteiger partial charge in [0.25, 0.3) is 0 Å². The molecule has 0 amide bonds. The van der Waals surface area contributed by atoms with Gasteiger partial charge in [-0.25, -0.2) is 0 Å². The molecule has 2 rings (SSSR count). The molecule has 0 saturated carbocycles. The molecule has 0 aromatic carbocycles. The van der Waals surface area contributed by atoms with Crippen molar-refractivity contribution in [3.05, 3.63) is 18.0 Å². The normalized spacial score (nSPS) is 24.5. The minimum absolute atomic E-state index is 0. The highest BCUT2D eigenvalue weighted by Crippen LogP contribution is 2.17. The molecular formula is C13H25ClN4. The molecule has 4 nitrogen and oxygen atoms in total. The monoisotopic (exact) mass is 272 g/mol. The molecule has 5 heteroatoms. The fourth-order valence-electron chi connectivity index (χ4n) is 2.44. The number of halogens is 1. The van der Waals surface area contributed by atoms with E-state index in [1.807, 2.05) is 10.9 Å². The van der Waals surface area contributed by atoms with Crippen LogP contribution in [0.1, 0.15) is 26.3 Å². The van der Waals surface area contributed by atoms with Gasteiger partial charge < -0.3 is 5.73 Å². The van der Waals surface area contributed by atoms with Crippen molar-refractivity contribution in [3.8, 4) is 0 Å². The molecule has 18 heavy (non-hydrogen) atoms. The summed E-state index contributed by atoms with van der Waals surface area (Å²) < 4.78 is 2.04. The summed E-state index contributed by atoms with van der Waals surface area (Å²) in [6, 6.07) is 0.334. The summed E-state index contributed by atoms with van der Waals surface area (Å²) in [6.07, 6.45) is 4.14. The third kappa shape index (κ3) is 3.97. The van der Waals surface area contributed by atoms with E-state index < -0.39 is 0 Å². The van der Waals surface area contributed by atoms with Crippen LogP contribution in [-0.4, -0.2) is 33.8 Å². The first kappa shape index (κ1) is 15.5. The molecule has 1 saturated heterocycles. The lowest BCUT2D eigenvalue weighted by molar-refractivity contribution is 0.318. The van der Waals surface area contributed by atoms with Crippen molar-refractivity contribution in [1.82, 2.24) is 14.7 Å².